The predicted molar refractivity (Wildman–Crippen MR) is 125 cm³/mol. The normalized spacial score (nSPS) is 11.9. The summed E-state index contributed by atoms with van der Waals surface area (Å²) in [6.45, 7) is 3.66. The summed E-state index contributed by atoms with van der Waals surface area (Å²) in [5.41, 5.74) is 2.96. The first-order chi connectivity index (χ1) is 14.6. The lowest BCUT2D eigenvalue weighted by atomic mass is 10.1. The maximum Gasteiger partial charge on any atom is 0.248 e. The number of methoxy groups -OCH3 is 1. The number of nitrogens with zero attached hydrogens (tertiary/aromatic N) is 1. The van der Waals surface area contributed by atoms with E-state index in [9.17, 15) is 13.2 Å². The van der Waals surface area contributed by atoms with Crippen molar-refractivity contribution in [2.45, 2.75) is 18.7 Å². The molecule has 0 spiro atoms. The number of ether oxygens (including phenoxy) is 1. The Kier molecular flexibility index (Phi) is 6.48. The van der Waals surface area contributed by atoms with E-state index < -0.39 is 10.0 Å². The number of sulfonamides is 1. The number of carbonyl (C=O) groups is 1. The average molecular weight is 439 g/mol. The summed E-state index contributed by atoms with van der Waals surface area (Å²) >= 11 is 0. The van der Waals surface area contributed by atoms with Gasteiger partial charge in [-0.2, -0.15) is 0 Å². The molecule has 162 valence electrons. The highest BCUT2D eigenvalue weighted by atomic mass is 32.2. The van der Waals surface area contributed by atoms with E-state index in [1.54, 1.807) is 19.3 Å². The summed E-state index contributed by atoms with van der Waals surface area (Å²) in [7, 11) is 0.985. The van der Waals surface area contributed by atoms with Crippen LogP contribution >= 0.6 is 0 Å². The van der Waals surface area contributed by atoms with Gasteiger partial charge in [0.1, 0.15) is 5.75 Å². The lowest BCUT2D eigenvalue weighted by Gasteiger charge is -2.16. The summed E-state index contributed by atoms with van der Waals surface area (Å²) < 4.78 is 31.4. The van der Waals surface area contributed by atoms with Crippen LogP contribution in [-0.2, 0) is 14.8 Å². The van der Waals surface area contributed by atoms with Crippen LogP contribution in [0.1, 0.15) is 16.7 Å². The number of rotatable bonds is 6. The van der Waals surface area contributed by atoms with E-state index in [2.05, 4.69) is 5.32 Å². The van der Waals surface area contributed by atoms with Gasteiger partial charge in [-0.3, -0.25) is 4.79 Å². The van der Waals surface area contributed by atoms with Crippen LogP contribution in [0.15, 0.2) is 59.5 Å². The zero-order chi connectivity index (χ0) is 22.8. The summed E-state index contributed by atoms with van der Waals surface area (Å²) in [4.78, 5) is 12.7. The van der Waals surface area contributed by atoms with Crippen molar-refractivity contribution in [2.24, 2.45) is 0 Å². The molecule has 0 saturated heterocycles. The van der Waals surface area contributed by atoms with Gasteiger partial charge in [-0.1, -0.05) is 18.2 Å². The third-order valence-electron chi connectivity index (χ3n) is 5.18. The molecule has 6 nitrogen and oxygen atoms in total. The van der Waals surface area contributed by atoms with Crippen LogP contribution in [0.3, 0.4) is 0 Å². The SMILES string of the molecule is COc1ccc2cc(/C=C/C(=O)Nc3cc(S(=O)(=O)N(C)C)cc(C)c3C)ccc2c1. The molecule has 0 aliphatic heterocycles. The number of nitrogens with one attached hydrogen (secondary N) is 1. The first kappa shape index (κ1) is 22.5. The van der Waals surface area contributed by atoms with Crippen LogP contribution in [0.2, 0.25) is 0 Å². The second-order valence-electron chi connectivity index (χ2n) is 7.50. The third-order valence-corrected chi connectivity index (χ3v) is 6.97. The van der Waals surface area contributed by atoms with Crippen molar-refractivity contribution in [3.63, 3.8) is 0 Å². The molecule has 31 heavy (non-hydrogen) atoms. The monoisotopic (exact) mass is 438 g/mol. The fraction of sp³-hybridized carbons (Fsp3) is 0.208. The van der Waals surface area contributed by atoms with Crippen molar-refractivity contribution in [2.75, 3.05) is 26.5 Å². The van der Waals surface area contributed by atoms with Crippen molar-refractivity contribution in [1.29, 1.82) is 0 Å². The second kappa shape index (κ2) is 8.91. The third kappa shape index (κ3) is 4.95. The van der Waals surface area contributed by atoms with Crippen LogP contribution in [0.4, 0.5) is 5.69 Å². The highest BCUT2D eigenvalue weighted by Crippen LogP contribution is 2.26. The average Bonchev–Trinajstić information content (AvgIpc) is 2.74. The number of fused-ring (bicyclic) bond motifs is 1. The predicted octanol–water partition coefficient (Wildman–Crippen LogP) is 4.37. The molecule has 0 fully saturated rings. The molecule has 0 aliphatic carbocycles. The molecular weight excluding hydrogens is 412 g/mol. The summed E-state index contributed by atoms with van der Waals surface area (Å²) in [6.07, 6.45) is 3.16. The van der Waals surface area contributed by atoms with E-state index in [1.165, 1.54) is 26.2 Å². The van der Waals surface area contributed by atoms with Gasteiger partial charge in [0.2, 0.25) is 15.9 Å². The maximum atomic E-state index is 12.5. The fourth-order valence-electron chi connectivity index (χ4n) is 3.14. The van der Waals surface area contributed by atoms with Crippen molar-refractivity contribution < 1.29 is 17.9 Å². The Balaban J connectivity index is 1.82. The Morgan fingerprint density at radius 3 is 2.35 bits per heavy atom. The molecule has 0 radical (unpaired) electrons. The van der Waals surface area contributed by atoms with Crippen LogP contribution in [-0.4, -0.2) is 39.8 Å². The molecule has 0 aliphatic rings. The molecule has 0 unspecified atom stereocenters. The molecule has 7 heteroatoms. The molecule has 0 atom stereocenters. The first-order valence-corrected chi connectivity index (χ1v) is 11.2. The smallest absolute Gasteiger partial charge is 0.248 e. The highest BCUT2D eigenvalue weighted by Gasteiger charge is 2.19. The van der Waals surface area contributed by atoms with Crippen molar-refractivity contribution in [3.05, 3.63) is 71.3 Å². The molecule has 3 rings (SSSR count). The molecule has 0 bridgehead atoms. The minimum atomic E-state index is -3.60. The van der Waals surface area contributed by atoms with Gasteiger partial charge in [0.05, 0.1) is 12.0 Å². The lowest BCUT2D eigenvalue weighted by molar-refractivity contribution is -0.111. The number of anilines is 1. The van der Waals surface area contributed by atoms with Gasteiger partial charge in [0.15, 0.2) is 0 Å². The Bertz CT molecular complexity index is 1280. The van der Waals surface area contributed by atoms with Crippen LogP contribution in [0.5, 0.6) is 5.75 Å². The van der Waals surface area contributed by atoms with E-state index >= 15 is 0 Å². The number of aryl methyl sites for hydroxylation is 1. The molecule has 0 heterocycles. The minimum absolute atomic E-state index is 0.143. The van der Waals surface area contributed by atoms with Crippen LogP contribution in [0, 0.1) is 13.8 Å². The zero-order valence-electron chi connectivity index (χ0n) is 18.3. The van der Waals surface area contributed by atoms with Gasteiger partial charge >= 0.3 is 0 Å². The second-order valence-corrected chi connectivity index (χ2v) is 9.65. The molecule has 3 aromatic carbocycles. The largest absolute Gasteiger partial charge is 0.497 e. The number of amides is 1. The topological polar surface area (TPSA) is 75.7 Å². The zero-order valence-corrected chi connectivity index (χ0v) is 19.1. The lowest BCUT2D eigenvalue weighted by Crippen LogP contribution is -2.22. The Labute approximate surface area is 183 Å². The van der Waals surface area contributed by atoms with Crippen molar-refractivity contribution in [3.8, 4) is 5.75 Å². The van der Waals surface area contributed by atoms with Crippen molar-refractivity contribution >= 4 is 38.5 Å². The Hall–Kier alpha value is -3.16. The maximum absolute atomic E-state index is 12.5. The van der Waals surface area contributed by atoms with Crippen molar-refractivity contribution in [1.82, 2.24) is 4.31 Å². The van der Waals surface area contributed by atoms with E-state index in [-0.39, 0.29) is 10.8 Å². The van der Waals surface area contributed by atoms with Gasteiger partial charge in [-0.05, 0) is 77.7 Å². The van der Waals surface area contributed by atoms with Gasteiger partial charge < -0.3 is 10.1 Å². The summed E-state index contributed by atoms with van der Waals surface area (Å²) in [6, 6.07) is 14.8. The Morgan fingerprint density at radius 1 is 1.00 bits per heavy atom. The quantitative estimate of drug-likeness (QED) is 0.580. The molecule has 3 aromatic rings. The molecule has 1 amide bonds. The highest BCUT2D eigenvalue weighted by molar-refractivity contribution is 7.89. The van der Waals surface area contributed by atoms with Crippen LogP contribution in [0.25, 0.3) is 16.8 Å². The summed E-state index contributed by atoms with van der Waals surface area (Å²) in [5, 5.41) is 4.89. The number of carbonyl (C=O) groups excluding carboxylic acids is 1. The molecule has 0 saturated carbocycles. The number of benzene rings is 3. The number of hydrogen-bond acceptors (Lipinski definition) is 4. The van der Waals surface area contributed by atoms with Gasteiger partial charge in [-0.25, -0.2) is 12.7 Å². The van der Waals surface area contributed by atoms with Gasteiger partial charge in [0, 0.05) is 25.9 Å². The van der Waals surface area contributed by atoms with Gasteiger partial charge in [-0.15, -0.1) is 0 Å². The molecule has 0 aromatic heterocycles. The van der Waals surface area contributed by atoms with E-state index in [4.69, 9.17) is 4.74 Å². The Morgan fingerprint density at radius 2 is 1.68 bits per heavy atom. The van der Waals surface area contributed by atoms with Gasteiger partial charge in [0.25, 0.3) is 0 Å². The van der Waals surface area contributed by atoms with E-state index in [0.29, 0.717) is 5.69 Å². The number of hydrogen-bond donors (Lipinski definition) is 1. The minimum Gasteiger partial charge on any atom is -0.497 e. The molecule has 1 N–H and O–H groups in total. The van der Waals surface area contributed by atoms with Crippen LogP contribution < -0.4 is 10.1 Å². The molecular formula is C24H26N2O4S. The van der Waals surface area contributed by atoms with E-state index in [1.807, 2.05) is 50.2 Å². The summed E-state index contributed by atoms with van der Waals surface area (Å²) in [5.74, 6) is 0.455. The first-order valence-electron chi connectivity index (χ1n) is 9.72. The van der Waals surface area contributed by atoms with E-state index in [0.717, 1.165) is 37.5 Å². The standard InChI is InChI=1S/C24H26N2O4S/c1-16-12-22(31(28,29)26(3)4)15-23(17(16)2)25-24(27)11-7-18-6-8-20-14-21(30-5)10-9-19(20)13-18/h6-15H,1-5H3,(H,25,27)/b11-7+. The fourth-order valence-corrected chi connectivity index (χ4v) is 4.15.